The average molecular weight is 461 g/mol. The van der Waals surface area contributed by atoms with E-state index >= 15 is 0 Å². The monoisotopic (exact) mass is 460 g/mol. The van der Waals surface area contributed by atoms with Crippen LogP contribution in [0.15, 0.2) is 41.8 Å². The molecule has 0 bridgehead atoms. The Labute approximate surface area is 190 Å². The summed E-state index contributed by atoms with van der Waals surface area (Å²) in [6, 6.07) is 11.0. The maximum absolute atomic E-state index is 13.0. The van der Waals surface area contributed by atoms with Crippen molar-refractivity contribution in [3.8, 4) is 11.4 Å². The highest BCUT2D eigenvalue weighted by Gasteiger charge is 2.27. The quantitative estimate of drug-likeness (QED) is 0.555. The number of aromatic nitrogens is 4. The summed E-state index contributed by atoms with van der Waals surface area (Å²) in [6.45, 7) is 5.59. The van der Waals surface area contributed by atoms with Gasteiger partial charge in [-0.25, -0.2) is 0 Å². The minimum Gasteiger partial charge on any atom is -0.379 e. The van der Waals surface area contributed by atoms with Crippen LogP contribution in [0.25, 0.3) is 11.4 Å². The van der Waals surface area contributed by atoms with E-state index in [0.29, 0.717) is 37.0 Å². The number of benzene rings is 1. The molecule has 2 unspecified atom stereocenters. The highest BCUT2D eigenvalue weighted by atomic mass is 35.5. The first-order chi connectivity index (χ1) is 15.2. The van der Waals surface area contributed by atoms with E-state index in [-0.39, 0.29) is 11.9 Å². The minimum absolute atomic E-state index is 0.114. The third-order valence-corrected chi connectivity index (χ3v) is 6.55. The zero-order valence-electron chi connectivity index (χ0n) is 17.3. The zero-order chi connectivity index (χ0) is 21.6. The van der Waals surface area contributed by atoms with Crippen molar-refractivity contribution < 1.29 is 9.53 Å². The number of carbonyl (C=O) groups excluding carboxylic acids is 1. The van der Waals surface area contributed by atoms with Gasteiger partial charge in [0, 0.05) is 35.1 Å². The molecule has 164 valence electrons. The summed E-state index contributed by atoms with van der Waals surface area (Å²) in [4.78, 5) is 18.0. The van der Waals surface area contributed by atoms with Crippen molar-refractivity contribution in [1.82, 2.24) is 30.4 Å². The largest absolute Gasteiger partial charge is 0.379 e. The molecule has 1 fully saturated rings. The van der Waals surface area contributed by atoms with Gasteiger partial charge in [0.05, 0.1) is 19.3 Å². The summed E-state index contributed by atoms with van der Waals surface area (Å²) >= 11 is 7.65. The molecule has 3 heterocycles. The van der Waals surface area contributed by atoms with Crippen LogP contribution in [0.4, 0.5) is 0 Å². The predicted octanol–water partition coefficient (Wildman–Crippen LogP) is 3.20. The topological polar surface area (TPSA) is 85.2 Å². The first-order valence-corrected chi connectivity index (χ1v) is 11.6. The number of hydrogen-bond acceptors (Lipinski definition) is 7. The fraction of sp³-hybridized carbons (Fsp3) is 0.429. The van der Waals surface area contributed by atoms with Crippen LogP contribution in [-0.2, 0) is 9.53 Å². The number of nitrogens with zero attached hydrogens (tertiary/aromatic N) is 5. The van der Waals surface area contributed by atoms with E-state index in [2.05, 4.69) is 37.1 Å². The fourth-order valence-corrected chi connectivity index (χ4v) is 4.61. The zero-order valence-corrected chi connectivity index (χ0v) is 18.8. The molecule has 2 aromatic heterocycles. The summed E-state index contributed by atoms with van der Waals surface area (Å²) < 4.78 is 5.49. The van der Waals surface area contributed by atoms with Crippen molar-refractivity contribution >= 4 is 28.8 Å². The molecule has 10 heteroatoms. The van der Waals surface area contributed by atoms with Crippen molar-refractivity contribution in [1.29, 1.82) is 0 Å². The molecule has 0 aliphatic carbocycles. The molecule has 1 saturated heterocycles. The van der Waals surface area contributed by atoms with E-state index in [1.165, 1.54) is 9.67 Å². The van der Waals surface area contributed by atoms with Crippen LogP contribution in [0, 0.1) is 0 Å². The van der Waals surface area contributed by atoms with Gasteiger partial charge in [-0.3, -0.25) is 9.69 Å². The lowest BCUT2D eigenvalue weighted by atomic mass is 10.1. The molecule has 3 aromatic rings. The van der Waals surface area contributed by atoms with Crippen LogP contribution in [0.2, 0.25) is 5.02 Å². The number of tetrazole rings is 1. The Kier molecular flexibility index (Phi) is 7.29. The van der Waals surface area contributed by atoms with E-state index in [9.17, 15) is 4.79 Å². The van der Waals surface area contributed by atoms with Gasteiger partial charge in [-0.1, -0.05) is 24.6 Å². The number of carbonyl (C=O) groups is 1. The molecule has 1 aromatic carbocycles. The summed E-state index contributed by atoms with van der Waals surface area (Å²) in [5, 5.41) is 18.5. The van der Waals surface area contributed by atoms with E-state index in [4.69, 9.17) is 16.3 Å². The first kappa shape index (κ1) is 21.9. The molecule has 4 rings (SSSR count). The highest BCUT2D eigenvalue weighted by molar-refractivity contribution is 7.10. The van der Waals surface area contributed by atoms with Crippen molar-refractivity contribution in [2.75, 3.05) is 32.8 Å². The second-order valence-corrected chi connectivity index (χ2v) is 8.70. The van der Waals surface area contributed by atoms with Crippen LogP contribution in [0.5, 0.6) is 0 Å². The third-order valence-electron chi connectivity index (χ3n) is 5.33. The van der Waals surface area contributed by atoms with Crippen molar-refractivity contribution in [3.05, 3.63) is 51.7 Å². The van der Waals surface area contributed by atoms with Gasteiger partial charge in [0.25, 0.3) is 0 Å². The Bertz CT molecular complexity index is 972. The predicted molar refractivity (Wildman–Crippen MR) is 120 cm³/mol. The molecule has 0 spiro atoms. The maximum atomic E-state index is 13.0. The standard InChI is InChI=1S/C21H25ClN6O2S/c1-2-17(28-25-20(24-26-28)15-5-7-16(22)8-6-15)21(29)23-14-18(19-4-3-13-31-19)27-9-11-30-12-10-27/h3-8,13,17-18H,2,9-12,14H2,1H3,(H,23,29). The Hall–Kier alpha value is -2.33. The van der Waals surface area contributed by atoms with Crippen molar-refractivity contribution in [2.45, 2.75) is 25.4 Å². The molecule has 1 N–H and O–H groups in total. The smallest absolute Gasteiger partial charge is 0.246 e. The number of nitrogens with one attached hydrogen (secondary N) is 1. The Morgan fingerprint density at radius 3 is 2.71 bits per heavy atom. The minimum atomic E-state index is -0.526. The lowest BCUT2D eigenvalue weighted by molar-refractivity contribution is -0.125. The van der Waals surface area contributed by atoms with E-state index < -0.39 is 6.04 Å². The van der Waals surface area contributed by atoms with Crippen LogP contribution >= 0.6 is 22.9 Å². The molecule has 8 nitrogen and oxygen atoms in total. The number of amides is 1. The fourth-order valence-electron chi connectivity index (χ4n) is 3.62. The van der Waals surface area contributed by atoms with Gasteiger partial charge in [-0.2, -0.15) is 4.80 Å². The van der Waals surface area contributed by atoms with Crippen LogP contribution < -0.4 is 5.32 Å². The van der Waals surface area contributed by atoms with Gasteiger partial charge < -0.3 is 10.1 Å². The summed E-state index contributed by atoms with van der Waals surface area (Å²) in [5.41, 5.74) is 0.802. The SMILES string of the molecule is CCC(C(=O)NCC(c1cccs1)N1CCOCC1)n1nnc(-c2ccc(Cl)cc2)n1. The Morgan fingerprint density at radius 1 is 1.26 bits per heavy atom. The number of ether oxygens (including phenoxy) is 1. The molecule has 31 heavy (non-hydrogen) atoms. The van der Waals surface area contributed by atoms with Gasteiger partial charge in [0.1, 0.15) is 0 Å². The molecular formula is C21H25ClN6O2S. The summed E-state index contributed by atoms with van der Waals surface area (Å²) in [5.74, 6) is 0.352. The molecule has 0 saturated carbocycles. The number of thiophene rings is 1. The van der Waals surface area contributed by atoms with E-state index in [1.54, 1.807) is 23.5 Å². The first-order valence-electron chi connectivity index (χ1n) is 10.3. The van der Waals surface area contributed by atoms with E-state index in [0.717, 1.165) is 18.7 Å². The Morgan fingerprint density at radius 2 is 2.03 bits per heavy atom. The lowest BCUT2D eigenvalue weighted by Gasteiger charge is -2.34. The van der Waals surface area contributed by atoms with Crippen LogP contribution in [-0.4, -0.2) is 63.9 Å². The van der Waals surface area contributed by atoms with Crippen molar-refractivity contribution in [3.63, 3.8) is 0 Å². The second kappa shape index (κ2) is 10.3. The number of morpholine rings is 1. The van der Waals surface area contributed by atoms with Gasteiger partial charge in [0.15, 0.2) is 6.04 Å². The average Bonchev–Trinajstić information content (AvgIpc) is 3.49. The molecular weight excluding hydrogens is 436 g/mol. The lowest BCUT2D eigenvalue weighted by Crippen LogP contribution is -2.44. The summed E-state index contributed by atoms with van der Waals surface area (Å²) in [6.07, 6.45) is 0.559. The number of hydrogen-bond donors (Lipinski definition) is 1. The molecule has 2 atom stereocenters. The highest BCUT2D eigenvalue weighted by Crippen LogP contribution is 2.26. The molecule has 1 amide bonds. The van der Waals surface area contributed by atoms with Gasteiger partial charge in [-0.05, 0) is 47.3 Å². The number of halogens is 1. The Balaban J connectivity index is 1.44. The number of rotatable bonds is 8. The third kappa shape index (κ3) is 5.30. The molecule has 1 aliphatic rings. The maximum Gasteiger partial charge on any atom is 0.246 e. The van der Waals surface area contributed by atoms with Crippen molar-refractivity contribution in [2.24, 2.45) is 0 Å². The normalized spacial score (nSPS) is 16.7. The second-order valence-electron chi connectivity index (χ2n) is 7.29. The van der Waals surface area contributed by atoms with E-state index in [1.807, 2.05) is 25.1 Å². The van der Waals surface area contributed by atoms with Gasteiger partial charge in [-0.15, -0.1) is 21.5 Å². The molecule has 0 radical (unpaired) electrons. The van der Waals surface area contributed by atoms with Gasteiger partial charge in [0.2, 0.25) is 11.7 Å². The summed E-state index contributed by atoms with van der Waals surface area (Å²) in [7, 11) is 0. The van der Waals surface area contributed by atoms with Gasteiger partial charge >= 0.3 is 0 Å². The van der Waals surface area contributed by atoms with Crippen LogP contribution in [0.3, 0.4) is 0 Å². The van der Waals surface area contributed by atoms with Crippen LogP contribution in [0.1, 0.15) is 30.3 Å². The molecule has 1 aliphatic heterocycles.